The molecule has 0 saturated heterocycles. The Morgan fingerprint density at radius 2 is 1.81 bits per heavy atom. The van der Waals surface area contributed by atoms with Crippen molar-refractivity contribution in [2.45, 2.75) is 39.5 Å². The van der Waals surface area contributed by atoms with Crippen molar-refractivity contribution in [1.29, 1.82) is 0 Å². The predicted molar refractivity (Wildman–Crippen MR) is 105 cm³/mol. The molecule has 0 atom stereocenters. The standard InChI is InChI=1S/C20H29N3O4/c1-3-7-19(26)16-8-6-9-18(17(16)14-24)23-13-20(27)22-11-5-4-10-21-12-15(2)25/h6,8-9,14,21,23H,3-5,7,10-13H2,1-2H3,(H,22,27). The van der Waals surface area contributed by atoms with E-state index in [-0.39, 0.29) is 24.0 Å². The summed E-state index contributed by atoms with van der Waals surface area (Å²) in [5.41, 5.74) is 1.16. The fourth-order valence-corrected chi connectivity index (χ4v) is 2.56. The lowest BCUT2D eigenvalue weighted by molar-refractivity contribution is -0.119. The number of ketones is 2. The Balaban J connectivity index is 2.41. The number of amides is 1. The summed E-state index contributed by atoms with van der Waals surface area (Å²) in [6.07, 6.45) is 3.40. The van der Waals surface area contributed by atoms with E-state index in [0.717, 1.165) is 19.4 Å². The van der Waals surface area contributed by atoms with Crippen LogP contribution in [0.2, 0.25) is 0 Å². The van der Waals surface area contributed by atoms with Gasteiger partial charge in [-0.1, -0.05) is 19.1 Å². The highest BCUT2D eigenvalue weighted by atomic mass is 16.2. The summed E-state index contributed by atoms with van der Waals surface area (Å²) in [4.78, 5) is 46.2. The van der Waals surface area contributed by atoms with E-state index in [9.17, 15) is 19.2 Å². The van der Waals surface area contributed by atoms with E-state index in [4.69, 9.17) is 0 Å². The SMILES string of the molecule is CCCC(=O)c1cccc(NCC(=O)NCCCCNCC(C)=O)c1C=O. The number of unbranched alkanes of at least 4 members (excludes halogenated alkanes) is 1. The van der Waals surface area contributed by atoms with Gasteiger partial charge in [0.15, 0.2) is 12.1 Å². The van der Waals surface area contributed by atoms with Crippen molar-refractivity contribution in [1.82, 2.24) is 10.6 Å². The third kappa shape index (κ3) is 8.59. The van der Waals surface area contributed by atoms with Gasteiger partial charge in [0.1, 0.15) is 5.78 Å². The molecule has 0 radical (unpaired) electrons. The monoisotopic (exact) mass is 375 g/mol. The fourth-order valence-electron chi connectivity index (χ4n) is 2.56. The molecule has 1 aromatic rings. The summed E-state index contributed by atoms with van der Waals surface area (Å²) >= 11 is 0. The van der Waals surface area contributed by atoms with Crippen LogP contribution in [0.4, 0.5) is 5.69 Å². The molecule has 1 aromatic carbocycles. The number of benzene rings is 1. The van der Waals surface area contributed by atoms with E-state index < -0.39 is 0 Å². The van der Waals surface area contributed by atoms with Crippen molar-refractivity contribution in [3.05, 3.63) is 29.3 Å². The van der Waals surface area contributed by atoms with Crippen LogP contribution in [0.15, 0.2) is 18.2 Å². The van der Waals surface area contributed by atoms with E-state index in [1.807, 2.05) is 6.92 Å². The Hall–Kier alpha value is -2.54. The van der Waals surface area contributed by atoms with Gasteiger partial charge in [0, 0.05) is 29.8 Å². The molecule has 0 saturated carbocycles. The number of hydrogen-bond acceptors (Lipinski definition) is 6. The summed E-state index contributed by atoms with van der Waals surface area (Å²) in [7, 11) is 0. The maximum atomic E-state index is 12.1. The first kappa shape index (κ1) is 22.5. The summed E-state index contributed by atoms with van der Waals surface area (Å²) in [5, 5.41) is 8.75. The third-order valence-corrected chi connectivity index (χ3v) is 3.92. The van der Waals surface area contributed by atoms with Crippen LogP contribution in [0.5, 0.6) is 0 Å². The Morgan fingerprint density at radius 1 is 1.07 bits per heavy atom. The second kappa shape index (κ2) is 12.8. The average Bonchev–Trinajstić information content (AvgIpc) is 2.65. The number of hydrogen-bond donors (Lipinski definition) is 3. The van der Waals surface area contributed by atoms with Gasteiger partial charge in [-0.05, 0) is 38.8 Å². The highest BCUT2D eigenvalue weighted by Gasteiger charge is 2.14. The second-order valence-corrected chi connectivity index (χ2v) is 6.35. The van der Waals surface area contributed by atoms with Gasteiger partial charge in [0.05, 0.1) is 13.1 Å². The lowest BCUT2D eigenvalue weighted by atomic mass is 10.00. The molecule has 148 valence electrons. The highest BCUT2D eigenvalue weighted by Crippen LogP contribution is 2.20. The van der Waals surface area contributed by atoms with Gasteiger partial charge in [0.2, 0.25) is 5.91 Å². The van der Waals surface area contributed by atoms with Crippen molar-refractivity contribution in [3.8, 4) is 0 Å². The minimum atomic E-state index is -0.186. The molecule has 1 amide bonds. The predicted octanol–water partition coefficient (Wildman–Crippen LogP) is 1.97. The van der Waals surface area contributed by atoms with Crippen LogP contribution in [0.1, 0.15) is 60.2 Å². The van der Waals surface area contributed by atoms with Gasteiger partial charge in [-0.3, -0.25) is 19.2 Å². The molecule has 0 spiro atoms. The molecule has 0 aromatic heterocycles. The molecule has 0 unspecified atom stereocenters. The minimum absolute atomic E-state index is 0.0227. The smallest absolute Gasteiger partial charge is 0.239 e. The summed E-state index contributed by atoms with van der Waals surface area (Å²) < 4.78 is 0. The topological polar surface area (TPSA) is 104 Å². The molecule has 0 aliphatic heterocycles. The van der Waals surface area contributed by atoms with E-state index in [0.29, 0.717) is 49.0 Å². The molecule has 27 heavy (non-hydrogen) atoms. The van der Waals surface area contributed by atoms with Gasteiger partial charge in [-0.15, -0.1) is 0 Å². The molecule has 0 heterocycles. The van der Waals surface area contributed by atoms with E-state index in [2.05, 4.69) is 16.0 Å². The van der Waals surface area contributed by atoms with Gasteiger partial charge < -0.3 is 16.0 Å². The zero-order valence-corrected chi connectivity index (χ0v) is 16.1. The Bertz CT molecular complexity index is 659. The van der Waals surface area contributed by atoms with Crippen molar-refractivity contribution < 1.29 is 19.2 Å². The number of rotatable bonds is 14. The lowest BCUT2D eigenvalue weighted by Crippen LogP contribution is -2.31. The lowest BCUT2D eigenvalue weighted by Gasteiger charge is -2.12. The van der Waals surface area contributed by atoms with E-state index in [1.54, 1.807) is 18.2 Å². The molecule has 0 fully saturated rings. The van der Waals surface area contributed by atoms with Gasteiger partial charge in [-0.2, -0.15) is 0 Å². The fraction of sp³-hybridized carbons (Fsp3) is 0.500. The number of nitrogens with one attached hydrogen (secondary N) is 3. The summed E-state index contributed by atoms with van der Waals surface area (Å²) in [6.45, 7) is 5.10. The molecule has 0 aliphatic carbocycles. The van der Waals surface area contributed by atoms with Crippen LogP contribution < -0.4 is 16.0 Å². The first-order valence-electron chi connectivity index (χ1n) is 9.31. The third-order valence-electron chi connectivity index (χ3n) is 3.92. The first-order valence-corrected chi connectivity index (χ1v) is 9.31. The number of carbonyl (C=O) groups excluding carboxylic acids is 4. The van der Waals surface area contributed by atoms with Crippen LogP contribution in [0, 0.1) is 0 Å². The van der Waals surface area contributed by atoms with Gasteiger partial charge in [0.25, 0.3) is 0 Å². The van der Waals surface area contributed by atoms with E-state index in [1.165, 1.54) is 6.92 Å². The molecular weight excluding hydrogens is 346 g/mol. The Labute approximate surface area is 160 Å². The Kier molecular flexibility index (Phi) is 10.6. The molecule has 0 bridgehead atoms. The first-order chi connectivity index (χ1) is 13.0. The number of aldehydes is 1. The van der Waals surface area contributed by atoms with Crippen LogP contribution in [0.25, 0.3) is 0 Å². The number of anilines is 1. The van der Waals surface area contributed by atoms with Crippen LogP contribution >= 0.6 is 0 Å². The van der Waals surface area contributed by atoms with Crippen LogP contribution in [-0.2, 0) is 9.59 Å². The molecule has 7 heteroatoms. The van der Waals surface area contributed by atoms with Crippen LogP contribution in [0.3, 0.4) is 0 Å². The number of Topliss-reactive ketones (excluding diaryl/α,β-unsaturated/α-hetero) is 2. The molecule has 3 N–H and O–H groups in total. The van der Waals surface area contributed by atoms with Crippen molar-refractivity contribution in [3.63, 3.8) is 0 Å². The highest BCUT2D eigenvalue weighted by molar-refractivity contribution is 6.05. The molecule has 1 rings (SSSR count). The largest absolute Gasteiger partial charge is 0.376 e. The van der Waals surface area contributed by atoms with E-state index >= 15 is 0 Å². The molecular formula is C20H29N3O4. The maximum absolute atomic E-state index is 12.1. The van der Waals surface area contributed by atoms with Crippen LogP contribution in [-0.4, -0.2) is 49.9 Å². The zero-order valence-electron chi connectivity index (χ0n) is 16.1. The van der Waals surface area contributed by atoms with Crippen molar-refractivity contribution >= 4 is 29.4 Å². The Morgan fingerprint density at radius 3 is 2.48 bits per heavy atom. The zero-order chi connectivity index (χ0) is 20.1. The molecule has 0 aliphatic rings. The van der Waals surface area contributed by atoms with Gasteiger partial charge >= 0.3 is 0 Å². The maximum Gasteiger partial charge on any atom is 0.239 e. The van der Waals surface area contributed by atoms with Gasteiger partial charge in [-0.25, -0.2) is 0 Å². The number of carbonyl (C=O) groups is 4. The average molecular weight is 375 g/mol. The normalized spacial score (nSPS) is 10.3. The quantitative estimate of drug-likeness (QED) is 0.261. The second-order valence-electron chi connectivity index (χ2n) is 6.35. The summed E-state index contributed by atoms with van der Waals surface area (Å²) in [6, 6.07) is 5.01. The molecule has 7 nitrogen and oxygen atoms in total. The van der Waals surface area contributed by atoms with Crippen molar-refractivity contribution in [2.75, 3.05) is 31.5 Å². The van der Waals surface area contributed by atoms with Crippen molar-refractivity contribution in [2.24, 2.45) is 0 Å². The minimum Gasteiger partial charge on any atom is -0.376 e. The summed E-state index contributed by atoms with van der Waals surface area (Å²) in [5.74, 6) is -0.163.